The van der Waals surface area contributed by atoms with Crippen LogP contribution in [-0.4, -0.2) is 17.6 Å². The van der Waals surface area contributed by atoms with Crippen LogP contribution in [0.3, 0.4) is 0 Å². The number of aromatic nitrogens is 1. The lowest BCUT2D eigenvalue weighted by atomic mass is 10.5. The van der Waals surface area contributed by atoms with Gasteiger partial charge < -0.3 is 4.74 Å². The van der Waals surface area contributed by atoms with Crippen LogP contribution in [0.15, 0.2) is 0 Å². The Morgan fingerprint density at radius 1 is 1.83 bits per heavy atom. The number of carbonyl (C=O) groups excluding carboxylic acids is 1. The molecule has 0 aromatic carbocycles. The van der Waals surface area contributed by atoms with Gasteiger partial charge in [0.1, 0.15) is 0 Å². The lowest BCUT2D eigenvalue weighted by Crippen LogP contribution is -2.06. The quantitative estimate of drug-likeness (QED) is 0.701. The van der Waals surface area contributed by atoms with E-state index in [1.165, 1.54) is 0 Å². The van der Waals surface area contributed by atoms with Crippen LogP contribution in [0.5, 0.6) is 0 Å². The molecule has 0 atom stereocenters. The Hall–Kier alpha value is -0.680. The number of nitrogens with zero attached hydrogens (tertiary/aromatic N) is 1. The zero-order chi connectivity index (χ0) is 9.14. The first-order valence-corrected chi connectivity index (χ1v) is 4.33. The Labute approximate surface area is 77.1 Å². The van der Waals surface area contributed by atoms with E-state index >= 15 is 0 Å². The topological polar surface area (TPSA) is 39.2 Å². The summed E-state index contributed by atoms with van der Waals surface area (Å²) in [6, 6.07) is 0. The summed E-state index contributed by atoms with van der Waals surface area (Å²) in [5.74, 6) is -0.779. The highest BCUT2D eigenvalue weighted by atomic mass is 35.5. The van der Waals surface area contributed by atoms with Crippen molar-refractivity contribution in [1.29, 1.82) is 0 Å². The Bertz CT molecular complexity index is 302. The molecule has 0 radical (unpaired) electrons. The molecule has 1 rings (SSSR count). The summed E-state index contributed by atoms with van der Waals surface area (Å²) < 4.78 is 17.3. The smallest absolute Gasteiger partial charge is 0.360 e. The van der Waals surface area contributed by atoms with E-state index in [0.717, 1.165) is 0 Å². The average Bonchev–Trinajstić information content (AvgIpc) is 2.30. The number of ether oxygens (including phenoxy) is 1. The number of thiazole rings is 1. The van der Waals surface area contributed by atoms with Gasteiger partial charge in [-0.2, -0.15) is 4.39 Å². The third kappa shape index (κ3) is 1.92. The fourth-order valence-corrected chi connectivity index (χ4v) is 1.40. The van der Waals surface area contributed by atoms with Crippen molar-refractivity contribution in [1.82, 2.24) is 4.98 Å². The summed E-state index contributed by atoms with van der Waals surface area (Å²) in [4.78, 5) is 14.4. The Kier molecular flexibility index (Phi) is 2.99. The summed E-state index contributed by atoms with van der Waals surface area (Å²) in [5.41, 5.74) is -0.341. The molecule has 0 amide bonds. The van der Waals surface area contributed by atoms with Crippen LogP contribution in [0.4, 0.5) is 4.39 Å². The van der Waals surface area contributed by atoms with Crippen molar-refractivity contribution in [2.24, 2.45) is 0 Å². The maximum Gasteiger partial charge on any atom is 0.360 e. The van der Waals surface area contributed by atoms with E-state index in [4.69, 9.17) is 11.6 Å². The van der Waals surface area contributed by atoms with Gasteiger partial charge in [-0.3, -0.25) is 0 Å². The van der Waals surface area contributed by atoms with Crippen molar-refractivity contribution in [2.45, 2.75) is 6.92 Å². The lowest BCUT2D eigenvalue weighted by molar-refractivity contribution is 0.0515. The molecule has 0 aliphatic rings. The van der Waals surface area contributed by atoms with Gasteiger partial charge in [0.05, 0.1) is 6.61 Å². The Morgan fingerprint density at radius 3 is 2.92 bits per heavy atom. The van der Waals surface area contributed by atoms with Gasteiger partial charge in [0.2, 0.25) is 5.13 Å². The molecule has 0 aliphatic carbocycles. The second-order valence-electron chi connectivity index (χ2n) is 1.81. The molecular weight excluding hydrogens is 205 g/mol. The molecule has 0 N–H and O–H groups in total. The van der Waals surface area contributed by atoms with Crippen LogP contribution < -0.4 is 0 Å². The summed E-state index contributed by atoms with van der Waals surface area (Å²) in [6.45, 7) is 1.82. The molecule has 12 heavy (non-hydrogen) atoms. The molecule has 3 nitrogen and oxygen atoms in total. The average molecular weight is 210 g/mol. The summed E-state index contributed by atoms with van der Waals surface area (Å²) >= 11 is 5.98. The highest BCUT2D eigenvalue weighted by Crippen LogP contribution is 2.21. The van der Waals surface area contributed by atoms with Gasteiger partial charge in [0, 0.05) is 0 Å². The Balaban J connectivity index is 2.87. The number of carbonyl (C=O) groups is 1. The van der Waals surface area contributed by atoms with Crippen molar-refractivity contribution in [2.75, 3.05) is 6.61 Å². The van der Waals surface area contributed by atoms with Gasteiger partial charge in [-0.15, -0.1) is 0 Å². The molecule has 1 heterocycles. The van der Waals surface area contributed by atoms with Crippen molar-refractivity contribution in [3.8, 4) is 0 Å². The zero-order valence-corrected chi connectivity index (χ0v) is 7.71. The standard InChI is InChI=1S/C6H5ClFNO2S/c1-2-11-5(10)3-4(8)12-6(7)9-3/h2H2,1H3. The van der Waals surface area contributed by atoms with Crippen LogP contribution in [0.25, 0.3) is 0 Å². The minimum Gasteiger partial charge on any atom is -0.461 e. The third-order valence-electron chi connectivity index (χ3n) is 1.03. The predicted molar refractivity (Wildman–Crippen MR) is 43.0 cm³/mol. The maximum atomic E-state index is 12.8. The highest BCUT2D eigenvalue weighted by Gasteiger charge is 2.18. The van der Waals surface area contributed by atoms with Crippen LogP contribution >= 0.6 is 22.9 Å². The third-order valence-corrected chi connectivity index (χ3v) is 1.98. The van der Waals surface area contributed by atoms with E-state index in [-0.39, 0.29) is 16.8 Å². The number of halogens is 2. The molecule has 66 valence electrons. The molecule has 0 spiro atoms. The van der Waals surface area contributed by atoms with Crippen molar-refractivity contribution in [3.05, 3.63) is 15.3 Å². The van der Waals surface area contributed by atoms with E-state index < -0.39 is 11.1 Å². The van der Waals surface area contributed by atoms with Crippen LogP contribution in [0, 0.1) is 5.13 Å². The second kappa shape index (κ2) is 3.82. The van der Waals surface area contributed by atoms with Crippen LogP contribution in [0.2, 0.25) is 4.47 Å². The molecule has 0 saturated carbocycles. The fourth-order valence-electron chi connectivity index (χ4n) is 0.602. The SMILES string of the molecule is CCOC(=O)c1nc(Cl)sc1F. The summed E-state index contributed by atoms with van der Waals surface area (Å²) in [5, 5.41) is -0.710. The second-order valence-corrected chi connectivity index (χ2v) is 3.34. The predicted octanol–water partition coefficient (Wildman–Crippen LogP) is 2.11. The molecule has 1 aromatic rings. The molecule has 0 bridgehead atoms. The first-order chi connectivity index (χ1) is 5.65. The van der Waals surface area contributed by atoms with Crippen molar-refractivity contribution < 1.29 is 13.9 Å². The number of esters is 1. The van der Waals surface area contributed by atoms with E-state index in [1.807, 2.05) is 0 Å². The van der Waals surface area contributed by atoms with Gasteiger partial charge in [0.15, 0.2) is 10.2 Å². The first-order valence-electron chi connectivity index (χ1n) is 3.14. The maximum absolute atomic E-state index is 12.8. The van der Waals surface area contributed by atoms with Gasteiger partial charge in [-0.05, 0) is 6.92 Å². The first kappa shape index (κ1) is 9.41. The van der Waals surface area contributed by atoms with Gasteiger partial charge >= 0.3 is 5.97 Å². The lowest BCUT2D eigenvalue weighted by Gasteiger charge is -1.95. The number of hydrogen-bond donors (Lipinski definition) is 0. The fraction of sp³-hybridized carbons (Fsp3) is 0.333. The minimum atomic E-state index is -0.779. The molecule has 1 aromatic heterocycles. The van der Waals surface area contributed by atoms with Gasteiger partial charge in [-0.25, -0.2) is 9.78 Å². The Morgan fingerprint density at radius 2 is 2.50 bits per heavy atom. The van der Waals surface area contributed by atoms with E-state index in [2.05, 4.69) is 9.72 Å². The molecule has 0 unspecified atom stereocenters. The number of hydrogen-bond acceptors (Lipinski definition) is 4. The monoisotopic (exact) mass is 209 g/mol. The minimum absolute atomic E-state index is 0.00412. The van der Waals surface area contributed by atoms with Gasteiger partial charge in [-0.1, -0.05) is 22.9 Å². The normalized spacial score (nSPS) is 9.92. The van der Waals surface area contributed by atoms with Gasteiger partial charge in [0.25, 0.3) is 0 Å². The van der Waals surface area contributed by atoms with Crippen molar-refractivity contribution in [3.63, 3.8) is 0 Å². The van der Waals surface area contributed by atoms with Crippen LogP contribution in [0.1, 0.15) is 17.4 Å². The van der Waals surface area contributed by atoms with E-state index in [1.54, 1.807) is 6.92 Å². The molecule has 0 aliphatic heterocycles. The van der Waals surface area contributed by atoms with Crippen molar-refractivity contribution >= 4 is 28.9 Å². The van der Waals surface area contributed by atoms with Crippen LogP contribution in [-0.2, 0) is 4.74 Å². The summed E-state index contributed by atoms with van der Waals surface area (Å²) in [6.07, 6.45) is 0. The molecule has 0 fully saturated rings. The highest BCUT2D eigenvalue weighted by molar-refractivity contribution is 7.14. The molecule has 6 heteroatoms. The molecular formula is C6H5ClFNO2S. The summed E-state index contributed by atoms with van der Waals surface area (Å²) in [7, 11) is 0. The molecule has 0 saturated heterocycles. The number of rotatable bonds is 2. The largest absolute Gasteiger partial charge is 0.461 e. The zero-order valence-electron chi connectivity index (χ0n) is 6.13. The van der Waals surface area contributed by atoms with E-state index in [9.17, 15) is 9.18 Å². The van der Waals surface area contributed by atoms with E-state index in [0.29, 0.717) is 11.3 Å².